The van der Waals surface area contributed by atoms with Crippen molar-refractivity contribution in [2.75, 3.05) is 38.5 Å². The molecule has 4 nitrogen and oxygen atoms in total. The van der Waals surface area contributed by atoms with Gasteiger partial charge >= 0.3 is 0 Å². The minimum atomic E-state index is 0. The summed E-state index contributed by atoms with van der Waals surface area (Å²) in [5.41, 5.74) is 9.36. The van der Waals surface area contributed by atoms with Crippen molar-refractivity contribution in [1.82, 2.24) is 9.80 Å². The predicted molar refractivity (Wildman–Crippen MR) is 114 cm³/mol. The molecule has 0 aromatic heterocycles. The Labute approximate surface area is 169 Å². The lowest BCUT2D eigenvalue weighted by Crippen LogP contribution is -2.45. The molecule has 3 rings (SSSR count). The average Bonchev–Trinajstić information content (AvgIpc) is 2.59. The normalized spacial score (nSPS) is 15.0. The van der Waals surface area contributed by atoms with Crippen molar-refractivity contribution >= 4 is 30.5 Å². The summed E-state index contributed by atoms with van der Waals surface area (Å²) in [4.78, 5) is 5.02. The topological polar surface area (TPSA) is 41.7 Å². The summed E-state index contributed by atoms with van der Waals surface area (Å²) in [6.07, 6.45) is 0. The van der Waals surface area contributed by atoms with Gasteiger partial charge in [-0.1, -0.05) is 24.3 Å². The van der Waals surface area contributed by atoms with Gasteiger partial charge in [0.15, 0.2) is 0 Å². The van der Waals surface area contributed by atoms with Crippen LogP contribution in [0.15, 0.2) is 48.5 Å². The van der Waals surface area contributed by atoms with E-state index in [0.717, 1.165) is 50.7 Å². The fraction of sp³-hybridized carbons (Fsp3) is 0.400. The molecule has 1 aliphatic rings. The van der Waals surface area contributed by atoms with E-state index in [9.17, 15) is 0 Å². The Bertz CT molecular complexity index is 644. The molecule has 0 amide bonds. The second-order valence-corrected chi connectivity index (χ2v) is 6.37. The molecule has 1 aliphatic heterocycles. The number of nitrogen functional groups attached to an aromatic ring is 1. The van der Waals surface area contributed by atoms with E-state index in [4.69, 9.17) is 10.5 Å². The Morgan fingerprint density at radius 3 is 1.96 bits per heavy atom. The van der Waals surface area contributed by atoms with Gasteiger partial charge in [-0.25, -0.2) is 0 Å². The number of nitrogens with two attached hydrogens (primary N) is 1. The van der Waals surface area contributed by atoms with E-state index in [1.165, 1.54) is 11.1 Å². The van der Waals surface area contributed by atoms with Crippen LogP contribution in [0.1, 0.15) is 18.1 Å². The number of rotatable bonds is 6. The van der Waals surface area contributed by atoms with Gasteiger partial charge in [-0.2, -0.15) is 0 Å². The Balaban J connectivity index is 0.00000169. The molecule has 0 aliphatic carbocycles. The fourth-order valence-corrected chi connectivity index (χ4v) is 3.17. The molecular weight excluding hydrogens is 369 g/mol. The van der Waals surface area contributed by atoms with Crippen LogP contribution in [0.2, 0.25) is 0 Å². The quantitative estimate of drug-likeness (QED) is 0.751. The van der Waals surface area contributed by atoms with Crippen LogP contribution < -0.4 is 10.5 Å². The predicted octanol–water partition coefficient (Wildman–Crippen LogP) is 3.83. The Morgan fingerprint density at radius 2 is 1.42 bits per heavy atom. The van der Waals surface area contributed by atoms with Gasteiger partial charge in [0.05, 0.1) is 6.61 Å². The molecule has 2 aromatic rings. The highest BCUT2D eigenvalue weighted by Gasteiger charge is 2.17. The smallest absolute Gasteiger partial charge is 0.119 e. The van der Waals surface area contributed by atoms with E-state index in [-0.39, 0.29) is 24.8 Å². The maximum Gasteiger partial charge on any atom is 0.119 e. The first-order valence-electron chi connectivity index (χ1n) is 8.74. The van der Waals surface area contributed by atoms with Crippen LogP contribution in [0.3, 0.4) is 0 Å². The lowest BCUT2D eigenvalue weighted by molar-refractivity contribution is 0.122. The van der Waals surface area contributed by atoms with Gasteiger partial charge in [0, 0.05) is 45.0 Å². The zero-order valence-electron chi connectivity index (χ0n) is 15.3. The SMILES string of the molecule is CCOc1ccc(CN2CCN(Cc3cccc(N)c3)CC2)cc1.Cl.Cl. The highest BCUT2D eigenvalue weighted by molar-refractivity contribution is 5.85. The fourth-order valence-electron chi connectivity index (χ4n) is 3.17. The third-order valence-corrected chi connectivity index (χ3v) is 4.46. The number of nitrogens with zero attached hydrogens (tertiary/aromatic N) is 2. The standard InChI is InChI=1S/C20H27N3O.2ClH/c1-2-24-20-8-6-17(7-9-20)15-22-10-12-23(13-11-22)16-18-4-3-5-19(21)14-18;;/h3-9,14H,2,10-13,15-16,21H2,1H3;2*1H. The van der Waals surface area contributed by atoms with Crippen molar-refractivity contribution in [3.63, 3.8) is 0 Å². The van der Waals surface area contributed by atoms with Crippen LogP contribution in [0.5, 0.6) is 5.75 Å². The van der Waals surface area contributed by atoms with E-state index in [0.29, 0.717) is 6.61 Å². The maximum atomic E-state index is 5.87. The molecule has 0 bridgehead atoms. The van der Waals surface area contributed by atoms with Crippen LogP contribution in [0.4, 0.5) is 5.69 Å². The largest absolute Gasteiger partial charge is 0.494 e. The molecule has 6 heteroatoms. The highest BCUT2D eigenvalue weighted by atomic mass is 35.5. The minimum Gasteiger partial charge on any atom is -0.494 e. The molecule has 0 spiro atoms. The molecule has 2 N–H and O–H groups in total. The van der Waals surface area contributed by atoms with Crippen LogP contribution in [-0.2, 0) is 13.1 Å². The molecule has 1 saturated heterocycles. The molecule has 0 unspecified atom stereocenters. The molecule has 0 saturated carbocycles. The van der Waals surface area contributed by atoms with E-state index in [1.807, 2.05) is 19.1 Å². The molecule has 0 atom stereocenters. The Morgan fingerprint density at radius 1 is 0.846 bits per heavy atom. The van der Waals surface area contributed by atoms with Crippen molar-refractivity contribution in [2.45, 2.75) is 20.0 Å². The molecule has 26 heavy (non-hydrogen) atoms. The first-order valence-corrected chi connectivity index (χ1v) is 8.74. The van der Waals surface area contributed by atoms with Crippen molar-refractivity contribution < 1.29 is 4.74 Å². The summed E-state index contributed by atoms with van der Waals surface area (Å²) in [5, 5.41) is 0. The molecule has 1 fully saturated rings. The number of ether oxygens (including phenoxy) is 1. The van der Waals surface area contributed by atoms with Crippen LogP contribution in [0, 0.1) is 0 Å². The van der Waals surface area contributed by atoms with Gasteiger partial charge in [0.25, 0.3) is 0 Å². The van der Waals surface area contributed by atoms with Gasteiger partial charge < -0.3 is 10.5 Å². The van der Waals surface area contributed by atoms with Crippen LogP contribution >= 0.6 is 24.8 Å². The van der Waals surface area contributed by atoms with E-state index >= 15 is 0 Å². The lowest BCUT2D eigenvalue weighted by atomic mass is 10.1. The minimum absolute atomic E-state index is 0. The second-order valence-electron chi connectivity index (χ2n) is 6.37. The summed E-state index contributed by atoms with van der Waals surface area (Å²) in [5.74, 6) is 0.952. The molecule has 0 radical (unpaired) electrons. The molecule has 2 aromatic carbocycles. The van der Waals surface area contributed by atoms with Crippen molar-refractivity contribution in [3.8, 4) is 5.75 Å². The lowest BCUT2D eigenvalue weighted by Gasteiger charge is -2.34. The van der Waals surface area contributed by atoms with Crippen molar-refractivity contribution in [1.29, 1.82) is 0 Å². The Hall–Kier alpha value is -1.46. The average molecular weight is 398 g/mol. The highest BCUT2D eigenvalue weighted by Crippen LogP contribution is 2.16. The van der Waals surface area contributed by atoms with E-state index in [2.05, 4.69) is 46.2 Å². The third kappa shape index (κ3) is 6.69. The van der Waals surface area contributed by atoms with E-state index < -0.39 is 0 Å². The monoisotopic (exact) mass is 397 g/mol. The first-order chi connectivity index (χ1) is 11.7. The number of halogens is 2. The van der Waals surface area contributed by atoms with Gasteiger partial charge in [-0.05, 0) is 42.3 Å². The van der Waals surface area contributed by atoms with Crippen molar-refractivity contribution in [3.05, 3.63) is 59.7 Å². The summed E-state index contributed by atoms with van der Waals surface area (Å²) in [6.45, 7) is 9.15. The molecule has 1 heterocycles. The molecule has 144 valence electrons. The summed E-state index contributed by atoms with van der Waals surface area (Å²) < 4.78 is 5.50. The summed E-state index contributed by atoms with van der Waals surface area (Å²) >= 11 is 0. The van der Waals surface area contributed by atoms with Gasteiger partial charge in [0.1, 0.15) is 5.75 Å². The van der Waals surface area contributed by atoms with Crippen LogP contribution in [0.25, 0.3) is 0 Å². The number of hydrogen-bond donors (Lipinski definition) is 1. The zero-order valence-corrected chi connectivity index (χ0v) is 16.9. The number of hydrogen-bond acceptors (Lipinski definition) is 4. The van der Waals surface area contributed by atoms with Gasteiger partial charge in [-0.15, -0.1) is 24.8 Å². The van der Waals surface area contributed by atoms with Gasteiger partial charge in [0.2, 0.25) is 0 Å². The number of anilines is 1. The Kier molecular flexibility index (Phi) is 9.81. The first kappa shape index (κ1) is 22.6. The summed E-state index contributed by atoms with van der Waals surface area (Å²) in [6, 6.07) is 16.7. The van der Waals surface area contributed by atoms with E-state index in [1.54, 1.807) is 0 Å². The third-order valence-electron chi connectivity index (χ3n) is 4.46. The molecular formula is C20H29Cl2N3O. The van der Waals surface area contributed by atoms with Gasteiger partial charge in [-0.3, -0.25) is 9.80 Å². The summed E-state index contributed by atoms with van der Waals surface area (Å²) in [7, 11) is 0. The van der Waals surface area contributed by atoms with Crippen LogP contribution in [-0.4, -0.2) is 42.6 Å². The maximum absolute atomic E-state index is 5.87. The number of piperazine rings is 1. The number of benzene rings is 2. The second kappa shape index (κ2) is 11.3. The zero-order chi connectivity index (χ0) is 16.8. The van der Waals surface area contributed by atoms with Crippen molar-refractivity contribution in [2.24, 2.45) is 0 Å².